The van der Waals surface area contributed by atoms with Crippen LogP contribution < -0.4 is 103 Å². The number of primary amides is 1. The average molecular weight is 1630 g/mol. The minimum Gasteiger partial charge on any atom is -0.481 e. The van der Waals surface area contributed by atoms with Crippen LogP contribution in [0.1, 0.15) is 178 Å². The van der Waals surface area contributed by atoms with E-state index in [2.05, 4.69) is 74.4 Å². The molecule has 0 heterocycles. The number of carboxylic acids is 4. The number of nitrogens with one attached hydrogen (secondary N) is 14. The Labute approximate surface area is 660 Å². The number of aliphatic hydroxyl groups excluding tert-OH is 2. The summed E-state index contributed by atoms with van der Waals surface area (Å²) in [5.74, 6) is -23.9. The van der Waals surface area contributed by atoms with Gasteiger partial charge >= 0.3 is 23.9 Å². The third-order valence-electron chi connectivity index (χ3n) is 17.6. The highest BCUT2D eigenvalue weighted by molar-refractivity contribution is 6.01. The number of hydrogen-bond donors (Lipinski definition) is 25. The summed E-state index contributed by atoms with van der Waals surface area (Å²) in [4.78, 5) is 252. The molecule has 15 amide bonds. The van der Waals surface area contributed by atoms with Crippen molar-refractivity contribution in [3.8, 4) is 0 Å². The van der Waals surface area contributed by atoms with Gasteiger partial charge in [-0.2, -0.15) is 0 Å². The van der Waals surface area contributed by atoms with Crippen molar-refractivity contribution in [2.75, 3.05) is 39.4 Å². The van der Waals surface area contributed by atoms with Crippen molar-refractivity contribution in [2.24, 2.45) is 52.3 Å². The number of nitrogens with two attached hydrogens (primary N) is 5. The van der Waals surface area contributed by atoms with Gasteiger partial charge in [0.1, 0.15) is 78.5 Å². The molecule has 0 aromatic rings. The van der Waals surface area contributed by atoms with Crippen molar-refractivity contribution in [1.29, 1.82) is 0 Å². The Balaban J connectivity index is 6.76. The molecule has 0 aromatic carbocycles. The zero-order chi connectivity index (χ0) is 87.2. The van der Waals surface area contributed by atoms with Crippen LogP contribution in [0.3, 0.4) is 0 Å². The van der Waals surface area contributed by atoms with E-state index in [1.54, 1.807) is 41.5 Å². The van der Waals surface area contributed by atoms with Crippen LogP contribution in [-0.4, -0.2) is 267 Å². The van der Waals surface area contributed by atoms with Gasteiger partial charge in [0.15, 0.2) is 0 Å². The topological polar surface area (TPSA) is 744 Å². The molecule has 114 heavy (non-hydrogen) atoms. The molecule has 0 aliphatic heterocycles. The van der Waals surface area contributed by atoms with Crippen molar-refractivity contribution < 1.29 is 122 Å². The van der Waals surface area contributed by atoms with E-state index >= 15 is 0 Å². The van der Waals surface area contributed by atoms with Gasteiger partial charge in [-0.05, 0) is 134 Å². The van der Waals surface area contributed by atoms with Gasteiger partial charge in [0.25, 0.3) is 0 Å². The fourth-order valence-electron chi connectivity index (χ4n) is 11.0. The van der Waals surface area contributed by atoms with E-state index in [1.807, 2.05) is 0 Å². The van der Waals surface area contributed by atoms with Crippen LogP contribution in [0.4, 0.5) is 0 Å². The first kappa shape index (κ1) is 104. The summed E-state index contributed by atoms with van der Waals surface area (Å²) in [6.45, 7) is 11.6. The predicted octanol–water partition coefficient (Wildman–Crippen LogP) is -7.92. The summed E-state index contributed by atoms with van der Waals surface area (Å²) in [6.07, 6.45) is -3.26. The standard InChI is InChI=1S/C70H123N19O25/c1-10-37(8)56(70(113)114)89-64(107)42(19-13-16-26-73)80-62(105)43(20-22-52(94)95)81-65(108)45(27-34(2)3)84-63(106)44(21-23-53(96)97)82-67(110)47(30-54(98)99)83-57(100)38(9)77-60(103)41(18-12-15-25-72)79-61(104)40(17-11-14-24-71)78-51(93)31-76-59(102)48(32-90)87-66(109)46(28-35(4)5)85-69(112)55(36(6)7)88-68(111)49(33-91)86-58(101)39(74)29-50(75)92/h34-49,55-56,90-91H,10-33,71-74H2,1-9H3,(H2,75,92)(H,76,102)(H,77,103)(H,78,93)(H,79,104)(H,80,105)(H,81,108)(H,82,110)(H,83,100)(H,84,106)(H,85,112)(H,86,101)(H,87,109)(H,88,111)(H,89,107)(H,94,95)(H,96,97)(H,98,99)(H,113,114)/t37-,38-,39-,40-,41-,42-,43-,44-,45-,46-,47-,48-,49-,55-,56-/m0/s1. The number of carbonyl (C=O) groups is 19. The molecule has 0 spiro atoms. The maximum absolute atomic E-state index is 14.2. The molecule has 44 nitrogen and oxygen atoms in total. The van der Waals surface area contributed by atoms with E-state index in [9.17, 15) is 122 Å². The van der Waals surface area contributed by atoms with Gasteiger partial charge in [-0.3, -0.25) is 86.3 Å². The lowest BCUT2D eigenvalue weighted by atomic mass is 9.98. The average Bonchev–Trinajstić information content (AvgIpc) is 0.861. The van der Waals surface area contributed by atoms with E-state index in [1.165, 1.54) is 13.8 Å². The van der Waals surface area contributed by atoms with Gasteiger partial charge in [0, 0.05) is 12.8 Å². The summed E-state index contributed by atoms with van der Waals surface area (Å²) in [5, 5.41) is 92.2. The zero-order valence-electron chi connectivity index (χ0n) is 66.2. The number of aliphatic hydroxyl groups is 2. The van der Waals surface area contributed by atoms with Crippen LogP contribution >= 0.6 is 0 Å². The number of carbonyl (C=O) groups excluding carboxylic acids is 15. The van der Waals surface area contributed by atoms with Crippen LogP contribution in [0.25, 0.3) is 0 Å². The molecule has 0 aliphatic carbocycles. The maximum Gasteiger partial charge on any atom is 0.326 e. The Morgan fingerprint density at radius 1 is 0.342 bits per heavy atom. The molecule has 44 heteroatoms. The number of aliphatic carboxylic acids is 4. The first-order chi connectivity index (χ1) is 53.4. The van der Waals surface area contributed by atoms with Gasteiger partial charge in [-0.15, -0.1) is 0 Å². The van der Waals surface area contributed by atoms with Gasteiger partial charge in [0.05, 0.1) is 38.6 Å². The lowest BCUT2D eigenvalue weighted by molar-refractivity contribution is -0.144. The molecule has 15 atom stereocenters. The number of hydrogen-bond acceptors (Lipinski definition) is 25. The molecule has 0 saturated heterocycles. The number of unbranched alkanes of at least 4 members (excludes halogenated alkanes) is 3. The fraction of sp³-hybridized carbons (Fsp3) is 0.729. The largest absolute Gasteiger partial charge is 0.481 e. The molecule has 648 valence electrons. The first-order valence-electron chi connectivity index (χ1n) is 37.9. The molecular formula is C70H123N19O25. The minimum atomic E-state index is -2.09. The Bertz CT molecular complexity index is 3240. The van der Waals surface area contributed by atoms with E-state index in [0.717, 1.165) is 6.92 Å². The predicted molar refractivity (Wildman–Crippen MR) is 405 cm³/mol. The highest BCUT2D eigenvalue weighted by Crippen LogP contribution is 2.15. The Morgan fingerprint density at radius 2 is 0.675 bits per heavy atom. The van der Waals surface area contributed by atoms with Crippen molar-refractivity contribution in [3.63, 3.8) is 0 Å². The summed E-state index contributed by atoms with van der Waals surface area (Å²) in [5.41, 5.74) is 27.8. The van der Waals surface area contributed by atoms with Crippen LogP contribution in [0.2, 0.25) is 0 Å². The molecule has 0 aromatic heterocycles. The lowest BCUT2D eigenvalue weighted by Gasteiger charge is -2.28. The summed E-state index contributed by atoms with van der Waals surface area (Å²) in [6, 6.07) is -22.5. The molecular weight excluding hydrogens is 1510 g/mol. The second kappa shape index (κ2) is 55.2. The molecule has 0 bridgehead atoms. The van der Waals surface area contributed by atoms with Crippen LogP contribution in [-0.2, 0) is 91.1 Å². The molecule has 0 saturated carbocycles. The van der Waals surface area contributed by atoms with Crippen LogP contribution in [0.15, 0.2) is 0 Å². The van der Waals surface area contributed by atoms with Gasteiger partial charge in [0.2, 0.25) is 88.6 Å². The third kappa shape index (κ3) is 41.5. The maximum atomic E-state index is 14.2. The van der Waals surface area contributed by atoms with Gasteiger partial charge in [-0.1, -0.05) is 61.8 Å². The molecule has 0 unspecified atom stereocenters. The summed E-state index contributed by atoms with van der Waals surface area (Å²) < 4.78 is 0. The van der Waals surface area contributed by atoms with Crippen molar-refractivity contribution in [2.45, 2.75) is 262 Å². The smallest absolute Gasteiger partial charge is 0.326 e. The SMILES string of the molecule is CC[C@H](C)[C@H](NC(=O)[C@H](CCCCN)NC(=O)[C@H](CCC(=O)O)NC(=O)[C@H](CC(C)C)NC(=O)[C@H](CCC(=O)O)NC(=O)[C@H](CC(=O)O)NC(=O)[C@H](C)NC(=O)[C@H](CCCCN)NC(=O)[C@H](CCCCN)NC(=O)CNC(=O)[C@H](CO)NC(=O)[C@H](CC(C)C)NC(=O)[C@@H](NC(=O)[C@H](CO)NC(=O)[C@@H](N)CC(N)=O)C(C)C)C(=O)O. The van der Waals surface area contributed by atoms with E-state index in [-0.39, 0.29) is 76.9 Å². The molecule has 0 fully saturated rings. The second-order valence-electron chi connectivity index (χ2n) is 28.8. The van der Waals surface area contributed by atoms with Crippen LogP contribution in [0.5, 0.6) is 0 Å². The normalized spacial score (nSPS) is 15.1. The molecule has 30 N–H and O–H groups in total. The van der Waals surface area contributed by atoms with Crippen molar-refractivity contribution in [3.05, 3.63) is 0 Å². The van der Waals surface area contributed by atoms with Crippen molar-refractivity contribution in [1.82, 2.24) is 74.4 Å². The monoisotopic (exact) mass is 1630 g/mol. The molecule has 0 rings (SSSR count). The van der Waals surface area contributed by atoms with Gasteiger partial charge < -0.3 is 134 Å². The zero-order valence-corrected chi connectivity index (χ0v) is 66.2. The Kier molecular flexibility index (Phi) is 50.2. The Morgan fingerprint density at radius 3 is 1.05 bits per heavy atom. The van der Waals surface area contributed by atoms with E-state index < -0.39 is 273 Å². The summed E-state index contributed by atoms with van der Waals surface area (Å²) >= 11 is 0. The minimum absolute atomic E-state index is 0.0668. The molecule has 0 aliphatic rings. The summed E-state index contributed by atoms with van der Waals surface area (Å²) in [7, 11) is 0. The lowest BCUT2D eigenvalue weighted by Crippen LogP contribution is -2.61. The number of amides is 15. The Hall–Kier alpha value is -10.3. The quantitative estimate of drug-likeness (QED) is 0.0252. The number of rotatable bonds is 60. The van der Waals surface area contributed by atoms with Crippen molar-refractivity contribution >= 4 is 112 Å². The first-order valence-corrected chi connectivity index (χ1v) is 37.9. The van der Waals surface area contributed by atoms with Gasteiger partial charge in [-0.25, -0.2) is 4.79 Å². The highest BCUT2D eigenvalue weighted by atomic mass is 16.4. The number of carboxylic acid groups (broad SMARTS) is 4. The molecule has 0 radical (unpaired) electrons. The van der Waals surface area contributed by atoms with E-state index in [4.69, 9.17) is 28.7 Å². The van der Waals surface area contributed by atoms with E-state index in [0.29, 0.717) is 25.7 Å². The second-order valence-corrected chi connectivity index (χ2v) is 28.8. The fourth-order valence-corrected chi connectivity index (χ4v) is 11.0. The third-order valence-corrected chi connectivity index (χ3v) is 17.6. The van der Waals surface area contributed by atoms with Crippen LogP contribution in [0, 0.1) is 23.7 Å². The highest BCUT2D eigenvalue weighted by Gasteiger charge is 2.39.